The van der Waals surface area contributed by atoms with E-state index in [1.807, 2.05) is 11.8 Å². The van der Waals surface area contributed by atoms with Crippen molar-refractivity contribution in [2.45, 2.75) is 31.8 Å². The van der Waals surface area contributed by atoms with Gasteiger partial charge < -0.3 is 5.73 Å². The van der Waals surface area contributed by atoms with Gasteiger partial charge in [0.15, 0.2) is 5.78 Å². The zero-order valence-electron chi connectivity index (χ0n) is 10.8. The minimum atomic E-state index is -0.363. The van der Waals surface area contributed by atoms with Crippen LogP contribution >= 0.6 is 11.6 Å². The SMILES string of the molecule is CC(C(=O)c1cccc(Cl)c1)N1CCCC1C(N)=O. The summed E-state index contributed by atoms with van der Waals surface area (Å²) >= 11 is 5.89. The average Bonchev–Trinajstić information content (AvgIpc) is 2.86. The number of nitrogens with zero attached hydrogens (tertiary/aromatic N) is 1. The Hall–Kier alpha value is -1.39. The fourth-order valence-electron chi connectivity index (χ4n) is 2.59. The number of carbonyl (C=O) groups is 2. The number of rotatable bonds is 4. The number of halogens is 1. The van der Waals surface area contributed by atoms with Gasteiger partial charge in [0.1, 0.15) is 0 Å². The summed E-state index contributed by atoms with van der Waals surface area (Å²) in [6.07, 6.45) is 1.61. The molecule has 0 aliphatic carbocycles. The second-order valence-electron chi connectivity index (χ2n) is 4.85. The Bertz CT molecular complexity index is 504. The van der Waals surface area contributed by atoms with Crippen LogP contribution in [-0.4, -0.2) is 35.2 Å². The minimum Gasteiger partial charge on any atom is -0.368 e. The molecule has 1 aromatic carbocycles. The largest absolute Gasteiger partial charge is 0.368 e. The molecule has 1 amide bonds. The molecule has 2 rings (SSSR count). The van der Waals surface area contributed by atoms with Gasteiger partial charge in [-0.3, -0.25) is 14.5 Å². The quantitative estimate of drug-likeness (QED) is 0.856. The van der Waals surface area contributed by atoms with Crippen molar-refractivity contribution in [2.75, 3.05) is 6.54 Å². The van der Waals surface area contributed by atoms with Gasteiger partial charge >= 0.3 is 0 Å². The first-order valence-electron chi connectivity index (χ1n) is 6.35. The van der Waals surface area contributed by atoms with Gasteiger partial charge in [-0.15, -0.1) is 0 Å². The Morgan fingerprint density at radius 3 is 2.84 bits per heavy atom. The van der Waals surface area contributed by atoms with Crippen LogP contribution in [0.25, 0.3) is 0 Å². The summed E-state index contributed by atoms with van der Waals surface area (Å²) in [6.45, 7) is 2.53. The molecular weight excluding hydrogens is 264 g/mol. The highest BCUT2D eigenvalue weighted by Crippen LogP contribution is 2.22. The van der Waals surface area contributed by atoms with Crippen LogP contribution in [-0.2, 0) is 4.79 Å². The molecule has 2 unspecified atom stereocenters. The van der Waals surface area contributed by atoms with Crippen LogP contribution in [0.15, 0.2) is 24.3 Å². The van der Waals surface area contributed by atoms with E-state index in [0.29, 0.717) is 10.6 Å². The summed E-state index contributed by atoms with van der Waals surface area (Å²) in [5, 5.41) is 0.533. The van der Waals surface area contributed by atoms with Gasteiger partial charge in [-0.1, -0.05) is 23.7 Å². The monoisotopic (exact) mass is 280 g/mol. The van der Waals surface area contributed by atoms with Crippen molar-refractivity contribution in [3.63, 3.8) is 0 Å². The molecule has 1 heterocycles. The van der Waals surface area contributed by atoms with Gasteiger partial charge in [-0.25, -0.2) is 0 Å². The Balaban J connectivity index is 2.17. The highest BCUT2D eigenvalue weighted by molar-refractivity contribution is 6.31. The van der Waals surface area contributed by atoms with Crippen LogP contribution in [0.3, 0.4) is 0 Å². The Labute approximate surface area is 117 Å². The van der Waals surface area contributed by atoms with Crippen molar-refractivity contribution in [3.8, 4) is 0 Å². The molecule has 4 nitrogen and oxygen atoms in total. The normalized spacial score (nSPS) is 21.3. The van der Waals surface area contributed by atoms with Crippen LogP contribution in [0.1, 0.15) is 30.1 Å². The maximum atomic E-state index is 12.4. The van der Waals surface area contributed by atoms with E-state index in [-0.39, 0.29) is 23.8 Å². The Morgan fingerprint density at radius 1 is 1.47 bits per heavy atom. The summed E-state index contributed by atoms with van der Waals surface area (Å²) in [4.78, 5) is 25.7. The lowest BCUT2D eigenvalue weighted by atomic mass is 10.0. The number of primary amides is 1. The van der Waals surface area contributed by atoms with Crippen LogP contribution < -0.4 is 5.73 Å². The summed E-state index contributed by atoms with van der Waals surface area (Å²) < 4.78 is 0. The third kappa shape index (κ3) is 2.96. The molecule has 5 heteroatoms. The van der Waals surface area contributed by atoms with Crippen molar-refractivity contribution < 1.29 is 9.59 Å². The zero-order chi connectivity index (χ0) is 14.0. The number of benzene rings is 1. The second-order valence-corrected chi connectivity index (χ2v) is 5.29. The highest BCUT2D eigenvalue weighted by atomic mass is 35.5. The predicted molar refractivity (Wildman–Crippen MR) is 74.2 cm³/mol. The standard InChI is InChI=1S/C14H17ClN2O2/c1-9(17-7-3-6-12(17)14(16)19)13(18)10-4-2-5-11(15)8-10/h2,4-5,8-9,12H,3,6-7H2,1H3,(H2,16,19). The van der Waals surface area contributed by atoms with Crippen molar-refractivity contribution in [2.24, 2.45) is 5.73 Å². The smallest absolute Gasteiger partial charge is 0.234 e. The molecule has 1 saturated heterocycles. The van der Waals surface area contributed by atoms with Gasteiger partial charge in [0.25, 0.3) is 0 Å². The zero-order valence-corrected chi connectivity index (χ0v) is 11.6. The summed E-state index contributed by atoms with van der Waals surface area (Å²) in [7, 11) is 0. The van der Waals surface area contributed by atoms with E-state index in [1.54, 1.807) is 24.3 Å². The first kappa shape index (κ1) is 14.0. The molecule has 2 N–H and O–H groups in total. The minimum absolute atomic E-state index is 0.0318. The number of hydrogen-bond donors (Lipinski definition) is 1. The van der Waals surface area contributed by atoms with Crippen molar-refractivity contribution in [1.82, 2.24) is 4.90 Å². The molecule has 0 radical (unpaired) electrons. The molecule has 1 aliphatic heterocycles. The maximum Gasteiger partial charge on any atom is 0.234 e. The van der Waals surface area contributed by atoms with Gasteiger partial charge in [0.2, 0.25) is 5.91 Å². The van der Waals surface area contributed by atoms with Crippen LogP contribution in [0.2, 0.25) is 5.02 Å². The molecule has 0 bridgehead atoms. The topological polar surface area (TPSA) is 63.4 Å². The van der Waals surface area contributed by atoms with Crippen molar-refractivity contribution >= 4 is 23.3 Å². The van der Waals surface area contributed by atoms with E-state index in [1.165, 1.54) is 0 Å². The Morgan fingerprint density at radius 2 is 2.21 bits per heavy atom. The van der Waals surface area contributed by atoms with Crippen molar-refractivity contribution in [1.29, 1.82) is 0 Å². The number of amides is 1. The fourth-order valence-corrected chi connectivity index (χ4v) is 2.78. The van der Waals surface area contributed by atoms with Gasteiger partial charge in [0, 0.05) is 10.6 Å². The van der Waals surface area contributed by atoms with E-state index in [2.05, 4.69) is 0 Å². The van der Waals surface area contributed by atoms with Crippen LogP contribution in [0, 0.1) is 0 Å². The maximum absolute atomic E-state index is 12.4. The summed E-state index contributed by atoms with van der Waals surface area (Å²) in [5.74, 6) is -0.390. The summed E-state index contributed by atoms with van der Waals surface area (Å²) in [6, 6.07) is 6.16. The van der Waals surface area contributed by atoms with Gasteiger partial charge in [0.05, 0.1) is 12.1 Å². The average molecular weight is 281 g/mol. The summed E-state index contributed by atoms with van der Waals surface area (Å²) in [5.41, 5.74) is 5.94. The molecule has 102 valence electrons. The molecule has 1 aliphatic rings. The van der Waals surface area contributed by atoms with E-state index in [4.69, 9.17) is 17.3 Å². The predicted octanol–water partition coefficient (Wildman–Crippen LogP) is 1.86. The lowest BCUT2D eigenvalue weighted by Gasteiger charge is -2.27. The number of likely N-dealkylation sites (tertiary alicyclic amines) is 1. The van der Waals surface area contributed by atoms with Gasteiger partial charge in [-0.2, -0.15) is 0 Å². The van der Waals surface area contributed by atoms with Gasteiger partial charge in [-0.05, 0) is 38.4 Å². The number of carbonyl (C=O) groups excluding carboxylic acids is 2. The number of Topliss-reactive ketones (excluding diaryl/α,β-unsaturated/α-hetero) is 1. The first-order valence-corrected chi connectivity index (χ1v) is 6.73. The highest BCUT2D eigenvalue weighted by Gasteiger charge is 2.35. The van der Waals surface area contributed by atoms with E-state index >= 15 is 0 Å². The second kappa shape index (κ2) is 5.72. The third-order valence-electron chi connectivity index (χ3n) is 3.61. The van der Waals surface area contributed by atoms with Crippen LogP contribution in [0.4, 0.5) is 0 Å². The molecule has 2 atom stereocenters. The fraction of sp³-hybridized carbons (Fsp3) is 0.429. The lowest BCUT2D eigenvalue weighted by Crippen LogP contribution is -2.47. The molecular formula is C14H17ClN2O2. The number of nitrogens with two attached hydrogens (primary N) is 1. The number of hydrogen-bond acceptors (Lipinski definition) is 3. The molecule has 0 aromatic heterocycles. The molecule has 1 aromatic rings. The first-order chi connectivity index (χ1) is 9.00. The van der Waals surface area contributed by atoms with Crippen LogP contribution in [0.5, 0.6) is 0 Å². The van der Waals surface area contributed by atoms with Crippen molar-refractivity contribution in [3.05, 3.63) is 34.9 Å². The van der Waals surface area contributed by atoms with E-state index in [9.17, 15) is 9.59 Å². The third-order valence-corrected chi connectivity index (χ3v) is 3.84. The molecule has 0 spiro atoms. The molecule has 19 heavy (non-hydrogen) atoms. The molecule has 0 saturated carbocycles. The molecule has 1 fully saturated rings. The number of ketones is 1. The Kier molecular flexibility index (Phi) is 4.22. The lowest BCUT2D eigenvalue weighted by molar-refractivity contribution is -0.122. The van der Waals surface area contributed by atoms with E-state index < -0.39 is 0 Å². The van der Waals surface area contributed by atoms with E-state index in [0.717, 1.165) is 19.4 Å².